The number of hydrogen-bond donors (Lipinski definition) is 3. The maximum Gasteiger partial charge on any atom is 0.182 e. The van der Waals surface area contributed by atoms with Crippen molar-refractivity contribution in [2.45, 2.75) is 26.3 Å². The second-order valence-corrected chi connectivity index (χ2v) is 5.43. The Morgan fingerprint density at radius 1 is 1.22 bits per heavy atom. The third kappa shape index (κ3) is 4.44. The van der Waals surface area contributed by atoms with E-state index >= 15 is 0 Å². The van der Waals surface area contributed by atoms with Crippen molar-refractivity contribution in [3.8, 4) is 0 Å². The van der Waals surface area contributed by atoms with E-state index in [9.17, 15) is 4.79 Å². The van der Waals surface area contributed by atoms with Gasteiger partial charge >= 0.3 is 0 Å². The molecule has 2 aromatic rings. The molecule has 0 aromatic heterocycles. The van der Waals surface area contributed by atoms with Crippen molar-refractivity contribution in [1.29, 1.82) is 0 Å². The van der Waals surface area contributed by atoms with E-state index in [4.69, 9.17) is 5.84 Å². The predicted molar refractivity (Wildman–Crippen MR) is 95.2 cm³/mol. The van der Waals surface area contributed by atoms with E-state index in [-0.39, 0.29) is 5.78 Å². The Morgan fingerprint density at radius 3 is 2.65 bits per heavy atom. The van der Waals surface area contributed by atoms with Crippen LogP contribution in [0.4, 0.5) is 0 Å². The largest absolute Gasteiger partial charge is 0.383 e. The number of Topliss-reactive ketones (excluding diaryl/α,β-unsaturated/α-hetero) is 1. The second kappa shape index (κ2) is 8.15. The number of rotatable bonds is 8. The lowest BCUT2D eigenvalue weighted by Gasteiger charge is -2.13. The van der Waals surface area contributed by atoms with Crippen LogP contribution in [0.1, 0.15) is 25.3 Å². The fourth-order valence-electron chi connectivity index (χ4n) is 2.43. The van der Waals surface area contributed by atoms with Gasteiger partial charge in [-0.3, -0.25) is 10.6 Å². The number of allylic oxidation sites excluding steroid dienone is 3. The van der Waals surface area contributed by atoms with E-state index < -0.39 is 0 Å². The van der Waals surface area contributed by atoms with Crippen molar-refractivity contribution >= 4 is 16.6 Å². The first kappa shape index (κ1) is 16.8. The molecule has 2 aromatic carbocycles. The summed E-state index contributed by atoms with van der Waals surface area (Å²) in [5, 5.41) is 5.68. The van der Waals surface area contributed by atoms with Gasteiger partial charge in [-0.05, 0) is 35.7 Å². The predicted octanol–water partition coefficient (Wildman–Crippen LogP) is 3.16. The van der Waals surface area contributed by atoms with Crippen molar-refractivity contribution in [2.75, 3.05) is 0 Å². The van der Waals surface area contributed by atoms with Gasteiger partial charge in [-0.1, -0.05) is 42.5 Å². The first-order valence-electron chi connectivity index (χ1n) is 7.69. The Labute approximate surface area is 137 Å². The van der Waals surface area contributed by atoms with Crippen molar-refractivity contribution in [3.05, 3.63) is 72.1 Å². The van der Waals surface area contributed by atoms with Crippen LogP contribution in [0.3, 0.4) is 0 Å². The number of ketones is 1. The van der Waals surface area contributed by atoms with Crippen molar-refractivity contribution < 1.29 is 4.79 Å². The molecule has 0 heterocycles. The van der Waals surface area contributed by atoms with Crippen LogP contribution in [0.25, 0.3) is 10.8 Å². The molecule has 23 heavy (non-hydrogen) atoms. The molecule has 0 saturated carbocycles. The molecule has 4 heteroatoms. The standard InChI is InChI=1S/C19H23N3O/c1-3-4-9-18(23)19(22-20)14(2)21-13-15-10-11-16-7-5-6-8-17(16)12-15/h3,5-8,10-12,21-22H,1,4,9,13,20H2,2H3/b19-14-. The zero-order chi connectivity index (χ0) is 16.7. The Kier molecular flexibility index (Phi) is 5.94. The molecule has 2 rings (SSSR count). The highest BCUT2D eigenvalue weighted by Crippen LogP contribution is 2.16. The summed E-state index contributed by atoms with van der Waals surface area (Å²) in [5.41, 5.74) is 4.83. The van der Waals surface area contributed by atoms with E-state index in [1.807, 2.05) is 19.1 Å². The molecular formula is C19H23N3O. The summed E-state index contributed by atoms with van der Waals surface area (Å²) in [6.07, 6.45) is 2.77. The smallest absolute Gasteiger partial charge is 0.182 e. The molecule has 0 amide bonds. The average Bonchev–Trinajstić information content (AvgIpc) is 2.58. The van der Waals surface area contributed by atoms with Crippen LogP contribution in [0, 0.1) is 0 Å². The molecule has 0 aliphatic rings. The number of carbonyl (C=O) groups is 1. The number of hydrazine groups is 1. The van der Waals surface area contributed by atoms with E-state index in [1.165, 1.54) is 10.8 Å². The SMILES string of the molecule is C=CCCC(=O)/C(NN)=C(\C)NCc1ccc2ccccc2c1. The van der Waals surface area contributed by atoms with Crippen molar-refractivity contribution in [3.63, 3.8) is 0 Å². The van der Waals surface area contributed by atoms with Crippen molar-refractivity contribution in [1.82, 2.24) is 10.7 Å². The van der Waals surface area contributed by atoms with Crippen LogP contribution in [0.15, 0.2) is 66.5 Å². The van der Waals surface area contributed by atoms with Gasteiger partial charge in [-0.25, -0.2) is 0 Å². The van der Waals surface area contributed by atoms with Crippen LogP contribution >= 0.6 is 0 Å². The van der Waals surface area contributed by atoms with Gasteiger partial charge in [0.15, 0.2) is 5.78 Å². The molecule has 0 spiro atoms. The Balaban J connectivity index is 2.08. The Morgan fingerprint density at radius 2 is 1.96 bits per heavy atom. The number of fused-ring (bicyclic) bond motifs is 1. The third-order valence-corrected chi connectivity index (χ3v) is 3.75. The summed E-state index contributed by atoms with van der Waals surface area (Å²) in [6, 6.07) is 14.6. The van der Waals surface area contributed by atoms with Gasteiger partial charge in [0.05, 0.1) is 0 Å². The molecule has 0 atom stereocenters. The molecule has 0 aliphatic carbocycles. The fraction of sp³-hybridized carbons (Fsp3) is 0.211. The van der Waals surface area contributed by atoms with Crippen LogP contribution in [0.2, 0.25) is 0 Å². The zero-order valence-electron chi connectivity index (χ0n) is 13.4. The molecular weight excluding hydrogens is 286 g/mol. The van der Waals surface area contributed by atoms with E-state index in [0.29, 0.717) is 25.1 Å². The lowest BCUT2D eigenvalue weighted by atomic mass is 10.1. The van der Waals surface area contributed by atoms with Crippen molar-refractivity contribution in [2.24, 2.45) is 5.84 Å². The van der Waals surface area contributed by atoms with E-state index in [0.717, 1.165) is 11.3 Å². The molecule has 0 unspecified atom stereocenters. The molecule has 0 saturated heterocycles. The van der Waals surface area contributed by atoms with Gasteiger partial charge in [-0.2, -0.15) is 0 Å². The number of benzene rings is 2. The lowest BCUT2D eigenvalue weighted by molar-refractivity contribution is -0.115. The van der Waals surface area contributed by atoms with Gasteiger partial charge < -0.3 is 10.7 Å². The van der Waals surface area contributed by atoms with Gasteiger partial charge in [0, 0.05) is 18.7 Å². The summed E-state index contributed by atoms with van der Waals surface area (Å²) in [7, 11) is 0. The normalized spacial score (nSPS) is 11.7. The summed E-state index contributed by atoms with van der Waals surface area (Å²) < 4.78 is 0. The average molecular weight is 309 g/mol. The molecule has 0 radical (unpaired) electrons. The monoisotopic (exact) mass is 309 g/mol. The molecule has 120 valence electrons. The topological polar surface area (TPSA) is 67.2 Å². The quantitative estimate of drug-likeness (QED) is 0.303. The van der Waals surface area contributed by atoms with Gasteiger partial charge in [0.1, 0.15) is 5.70 Å². The highest BCUT2D eigenvalue weighted by Gasteiger charge is 2.11. The third-order valence-electron chi connectivity index (χ3n) is 3.75. The van der Waals surface area contributed by atoms with Gasteiger partial charge in [0.25, 0.3) is 0 Å². The zero-order valence-corrected chi connectivity index (χ0v) is 13.4. The lowest BCUT2D eigenvalue weighted by Crippen LogP contribution is -2.31. The Bertz CT molecular complexity index is 734. The highest BCUT2D eigenvalue weighted by atomic mass is 16.1. The highest BCUT2D eigenvalue weighted by molar-refractivity contribution is 5.95. The maximum atomic E-state index is 12.1. The first-order valence-corrected chi connectivity index (χ1v) is 7.69. The summed E-state index contributed by atoms with van der Waals surface area (Å²) >= 11 is 0. The molecule has 4 N–H and O–H groups in total. The number of hydrogen-bond acceptors (Lipinski definition) is 4. The van der Waals surface area contributed by atoms with E-state index in [1.54, 1.807) is 6.08 Å². The van der Waals surface area contributed by atoms with Gasteiger partial charge in [0.2, 0.25) is 0 Å². The molecule has 0 bridgehead atoms. The van der Waals surface area contributed by atoms with Crippen LogP contribution in [-0.4, -0.2) is 5.78 Å². The minimum Gasteiger partial charge on any atom is -0.383 e. The van der Waals surface area contributed by atoms with Crippen LogP contribution in [-0.2, 0) is 11.3 Å². The summed E-state index contributed by atoms with van der Waals surface area (Å²) in [5.74, 6) is 5.48. The van der Waals surface area contributed by atoms with Crippen LogP contribution < -0.4 is 16.6 Å². The minimum atomic E-state index is -0.0177. The molecule has 0 aliphatic heterocycles. The number of nitrogens with two attached hydrogens (primary N) is 1. The Hall–Kier alpha value is -2.59. The number of carbonyl (C=O) groups excluding carboxylic acids is 1. The first-order chi connectivity index (χ1) is 11.2. The minimum absolute atomic E-state index is 0.0177. The molecule has 0 fully saturated rings. The summed E-state index contributed by atoms with van der Waals surface area (Å²) in [6.45, 7) is 6.11. The molecule has 4 nitrogen and oxygen atoms in total. The maximum absolute atomic E-state index is 12.1. The van der Waals surface area contributed by atoms with E-state index in [2.05, 4.69) is 47.7 Å². The van der Waals surface area contributed by atoms with Gasteiger partial charge in [-0.15, -0.1) is 6.58 Å². The van der Waals surface area contributed by atoms with Crippen LogP contribution in [0.5, 0.6) is 0 Å². The summed E-state index contributed by atoms with van der Waals surface area (Å²) in [4.78, 5) is 12.1. The second-order valence-electron chi connectivity index (χ2n) is 5.43. The number of nitrogens with one attached hydrogen (secondary N) is 2. The fourth-order valence-corrected chi connectivity index (χ4v) is 2.43.